The molecule has 120 valence electrons. The molecule has 1 atom stereocenters. The van der Waals surface area contributed by atoms with Crippen molar-refractivity contribution in [3.8, 4) is 0 Å². The second kappa shape index (κ2) is 8.54. The zero-order valence-corrected chi connectivity index (χ0v) is 14.5. The van der Waals surface area contributed by atoms with Crippen LogP contribution in [0.15, 0.2) is 24.3 Å². The zero-order chi connectivity index (χ0) is 15.9. The van der Waals surface area contributed by atoms with Crippen molar-refractivity contribution in [2.45, 2.75) is 46.6 Å². The highest BCUT2D eigenvalue weighted by molar-refractivity contribution is 7.91. The molecule has 0 radical (unpaired) electrons. The summed E-state index contributed by atoms with van der Waals surface area (Å²) in [7, 11) is -3.04. The molecular formula is C17H29NO2S. The molecule has 0 aromatic heterocycles. The van der Waals surface area contributed by atoms with Crippen LogP contribution >= 0.6 is 0 Å². The Hall–Kier alpha value is -0.870. The van der Waals surface area contributed by atoms with Gasteiger partial charge in [0.2, 0.25) is 0 Å². The number of benzene rings is 1. The topological polar surface area (TPSA) is 46.2 Å². The maximum Gasteiger partial charge on any atom is 0.152 e. The van der Waals surface area contributed by atoms with Gasteiger partial charge in [0.15, 0.2) is 9.84 Å². The Kier molecular flexibility index (Phi) is 7.40. The Morgan fingerprint density at radius 2 is 1.67 bits per heavy atom. The van der Waals surface area contributed by atoms with Crippen LogP contribution in [0.5, 0.6) is 0 Å². The molecule has 0 aliphatic rings. The van der Waals surface area contributed by atoms with Crippen molar-refractivity contribution < 1.29 is 8.42 Å². The fourth-order valence-corrected chi connectivity index (χ4v) is 4.38. The van der Waals surface area contributed by atoms with E-state index in [1.807, 2.05) is 13.8 Å². The Morgan fingerprint density at radius 3 is 2.14 bits per heavy atom. The predicted octanol–water partition coefficient (Wildman–Crippen LogP) is 3.36. The molecule has 3 nitrogen and oxygen atoms in total. The summed E-state index contributed by atoms with van der Waals surface area (Å²) in [6, 6.07) is 8.17. The molecule has 0 saturated carbocycles. The van der Waals surface area contributed by atoms with Gasteiger partial charge in [-0.25, -0.2) is 8.42 Å². The van der Waals surface area contributed by atoms with E-state index in [1.165, 1.54) is 5.56 Å². The summed E-state index contributed by atoms with van der Waals surface area (Å²) in [5.41, 5.74) is 2.34. The van der Waals surface area contributed by atoms with Crippen molar-refractivity contribution >= 4 is 9.84 Å². The Labute approximate surface area is 130 Å². The summed E-state index contributed by atoms with van der Waals surface area (Å²) in [6.07, 6.45) is 1.99. The quantitative estimate of drug-likeness (QED) is 0.760. The number of hydrogen-bond acceptors (Lipinski definition) is 3. The lowest BCUT2D eigenvalue weighted by Crippen LogP contribution is -2.30. The second-order valence-electron chi connectivity index (χ2n) is 6.07. The summed E-state index contributed by atoms with van der Waals surface area (Å²) < 4.78 is 24.5. The minimum absolute atomic E-state index is 0.111. The van der Waals surface area contributed by atoms with E-state index < -0.39 is 9.84 Å². The molecule has 1 unspecified atom stereocenters. The van der Waals surface area contributed by atoms with Crippen LogP contribution in [-0.4, -0.2) is 26.5 Å². The van der Waals surface area contributed by atoms with Gasteiger partial charge in [-0.2, -0.15) is 0 Å². The molecule has 1 N–H and O–H groups in total. The molecule has 21 heavy (non-hydrogen) atoms. The van der Waals surface area contributed by atoms with Crippen LogP contribution in [-0.2, 0) is 16.3 Å². The molecule has 0 heterocycles. The molecule has 1 rings (SSSR count). The van der Waals surface area contributed by atoms with E-state index in [4.69, 9.17) is 0 Å². The summed E-state index contributed by atoms with van der Waals surface area (Å²) in [5, 5.41) is 3.37. The van der Waals surface area contributed by atoms with Crippen molar-refractivity contribution in [2.24, 2.45) is 5.92 Å². The first-order chi connectivity index (χ1) is 9.88. The highest BCUT2D eigenvalue weighted by Gasteiger charge is 2.21. The van der Waals surface area contributed by atoms with Crippen molar-refractivity contribution in [1.82, 2.24) is 5.32 Å². The van der Waals surface area contributed by atoms with Gasteiger partial charge in [0.25, 0.3) is 0 Å². The van der Waals surface area contributed by atoms with Crippen molar-refractivity contribution in [2.75, 3.05) is 18.1 Å². The minimum Gasteiger partial charge on any atom is -0.309 e. The van der Waals surface area contributed by atoms with Gasteiger partial charge >= 0.3 is 0 Å². The molecule has 1 aromatic carbocycles. The highest BCUT2D eigenvalue weighted by atomic mass is 32.2. The van der Waals surface area contributed by atoms with Crippen molar-refractivity contribution in [3.05, 3.63) is 35.4 Å². The van der Waals surface area contributed by atoms with E-state index in [9.17, 15) is 8.42 Å². The molecule has 0 amide bonds. The van der Waals surface area contributed by atoms with Crippen LogP contribution < -0.4 is 5.32 Å². The number of aryl methyl sites for hydroxylation is 1. The van der Waals surface area contributed by atoms with Gasteiger partial charge in [0.05, 0.1) is 11.5 Å². The van der Waals surface area contributed by atoms with E-state index in [-0.39, 0.29) is 23.5 Å². The summed E-state index contributed by atoms with van der Waals surface area (Å²) in [6.45, 7) is 8.93. The fraction of sp³-hybridized carbons (Fsp3) is 0.647. The third-order valence-corrected chi connectivity index (χ3v) is 5.45. The number of rotatable bonds is 9. The van der Waals surface area contributed by atoms with Crippen LogP contribution in [0.25, 0.3) is 0 Å². The highest BCUT2D eigenvalue weighted by Crippen LogP contribution is 2.18. The SMILES string of the molecule is CCCNC(CS(=O)(=O)CC(C)C)c1ccc(CC)cc1. The summed E-state index contributed by atoms with van der Waals surface area (Å²) in [4.78, 5) is 0. The average molecular weight is 311 g/mol. The molecule has 0 saturated heterocycles. The van der Waals surface area contributed by atoms with Crippen LogP contribution in [0.3, 0.4) is 0 Å². The monoisotopic (exact) mass is 311 g/mol. The first-order valence-electron chi connectivity index (χ1n) is 7.90. The second-order valence-corrected chi connectivity index (χ2v) is 8.23. The third-order valence-electron chi connectivity index (χ3n) is 3.44. The Morgan fingerprint density at radius 1 is 1.05 bits per heavy atom. The lowest BCUT2D eigenvalue weighted by molar-refractivity contribution is 0.540. The maximum atomic E-state index is 12.3. The molecule has 0 fully saturated rings. The van der Waals surface area contributed by atoms with Gasteiger partial charge in [-0.15, -0.1) is 0 Å². The smallest absolute Gasteiger partial charge is 0.152 e. The van der Waals surface area contributed by atoms with Gasteiger partial charge in [0, 0.05) is 6.04 Å². The van der Waals surface area contributed by atoms with E-state index in [0.29, 0.717) is 0 Å². The maximum absolute atomic E-state index is 12.3. The van der Waals surface area contributed by atoms with Crippen LogP contribution in [0.1, 0.15) is 51.3 Å². The van der Waals surface area contributed by atoms with Crippen LogP contribution in [0.2, 0.25) is 0 Å². The first kappa shape index (κ1) is 18.2. The summed E-state index contributed by atoms with van der Waals surface area (Å²) in [5.74, 6) is 0.602. The molecule has 0 aliphatic heterocycles. The van der Waals surface area contributed by atoms with Crippen LogP contribution in [0.4, 0.5) is 0 Å². The summed E-state index contributed by atoms with van der Waals surface area (Å²) >= 11 is 0. The lowest BCUT2D eigenvalue weighted by Gasteiger charge is -2.20. The van der Waals surface area contributed by atoms with E-state index in [1.54, 1.807) is 0 Å². The number of nitrogens with one attached hydrogen (secondary N) is 1. The third kappa shape index (κ3) is 6.62. The molecule has 0 bridgehead atoms. The van der Waals surface area contributed by atoms with E-state index >= 15 is 0 Å². The Bertz CT molecular complexity index is 506. The van der Waals surface area contributed by atoms with Crippen molar-refractivity contribution in [3.63, 3.8) is 0 Å². The van der Waals surface area contributed by atoms with Gasteiger partial charge in [-0.3, -0.25) is 0 Å². The Balaban J connectivity index is 2.88. The predicted molar refractivity (Wildman–Crippen MR) is 90.3 cm³/mol. The zero-order valence-electron chi connectivity index (χ0n) is 13.7. The number of hydrogen-bond donors (Lipinski definition) is 1. The largest absolute Gasteiger partial charge is 0.309 e. The average Bonchev–Trinajstić information content (AvgIpc) is 2.42. The number of sulfone groups is 1. The molecular weight excluding hydrogens is 282 g/mol. The normalized spacial score (nSPS) is 13.6. The first-order valence-corrected chi connectivity index (χ1v) is 9.72. The molecule has 1 aromatic rings. The van der Waals surface area contributed by atoms with Gasteiger partial charge in [0.1, 0.15) is 0 Å². The van der Waals surface area contributed by atoms with Crippen LogP contribution in [0, 0.1) is 5.92 Å². The molecule has 0 aliphatic carbocycles. The van der Waals surface area contributed by atoms with E-state index in [0.717, 1.165) is 24.9 Å². The van der Waals surface area contributed by atoms with Gasteiger partial charge in [-0.1, -0.05) is 52.0 Å². The van der Waals surface area contributed by atoms with Crippen molar-refractivity contribution in [1.29, 1.82) is 0 Å². The molecule has 4 heteroatoms. The van der Waals surface area contributed by atoms with E-state index in [2.05, 4.69) is 43.4 Å². The lowest BCUT2D eigenvalue weighted by atomic mass is 10.0. The molecule has 0 spiro atoms. The minimum atomic E-state index is -3.04. The van der Waals surface area contributed by atoms with Gasteiger partial charge in [-0.05, 0) is 36.4 Å². The fourth-order valence-electron chi connectivity index (χ4n) is 2.41. The standard InChI is InChI=1S/C17H29NO2S/c1-5-11-18-17(13-21(19,20)12-14(3)4)16-9-7-15(6-2)8-10-16/h7-10,14,17-18H,5-6,11-13H2,1-4H3. The van der Waals surface area contributed by atoms with Gasteiger partial charge < -0.3 is 5.32 Å².